The quantitative estimate of drug-likeness (QED) is 0.297. The lowest BCUT2D eigenvalue weighted by atomic mass is 9.93. The van der Waals surface area contributed by atoms with Crippen LogP contribution in [0.2, 0.25) is 0 Å². The van der Waals surface area contributed by atoms with Gasteiger partial charge in [0.2, 0.25) is 17.7 Å². The van der Waals surface area contributed by atoms with Gasteiger partial charge in [0.25, 0.3) is 11.8 Å². The number of pyridine rings is 1. The number of piperazine rings is 1. The van der Waals surface area contributed by atoms with E-state index >= 15 is 0 Å². The molecular formula is C35H47N7O8. The fraction of sp³-hybridized carbons (Fsp3) is 0.571. The van der Waals surface area contributed by atoms with Gasteiger partial charge in [-0.05, 0) is 70.1 Å². The molecule has 5 rings (SSSR count). The highest BCUT2D eigenvalue weighted by atomic mass is 16.6. The molecule has 15 nitrogen and oxygen atoms in total. The molecule has 15 heteroatoms. The zero-order valence-corrected chi connectivity index (χ0v) is 29.0. The molecule has 50 heavy (non-hydrogen) atoms. The predicted molar refractivity (Wildman–Crippen MR) is 182 cm³/mol. The number of nitrogens with one attached hydrogen (secondary N) is 3. The van der Waals surface area contributed by atoms with Crippen LogP contribution in [0, 0.1) is 6.92 Å². The standard InChI is InChI=1S/C35H47N7O8/c1-4-49-35(48)41-17-15-40(16-18-41)34(47)25(12-13-30(43)36-3)39-32(45)27-20-29(24-11-10-22(2)19-26(24)38-27)50-21-31(44)42-14-6-9-28(42)33(46)37-23-7-5-8-23/h10-11,19-20,23,25,28H,4-9,12-18,21H2,1-3H3,(H,36,43)(H,37,46)(H,39,45). The van der Waals surface area contributed by atoms with E-state index in [-0.39, 0.29) is 93.3 Å². The zero-order chi connectivity index (χ0) is 35.8. The topological polar surface area (TPSA) is 180 Å². The van der Waals surface area contributed by atoms with Crippen molar-refractivity contribution in [3.8, 4) is 5.75 Å². The minimum Gasteiger partial charge on any atom is -0.483 e. The Kier molecular flexibility index (Phi) is 12.1. The van der Waals surface area contributed by atoms with Crippen LogP contribution in [0.3, 0.4) is 0 Å². The zero-order valence-electron chi connectivity index (χ0n) is 29.0. The Morgan fingerprint density at radius 1 is 0.960 bits per heavy atom. The van der Waals surface area contributed by atoms with Gasteiger partial charge in [0, 0.05) is 63.7 Å². The number of likely N-dealkylation sites (tertiary alicyclic amines) is 1. The van der Waals surface area contributed by atoms with E-state index in [0.29, 0.717) is 23.9 Å². The molecule has 3 heterocycles. The first kappa shape index (κ1) is 36.3. The summed E-state index contributed by atoms with van der Waals surface area (Å²) in [5.41, 5.74) is 1.32. The highest BCUT2D eigenvalue weighted by Gasteiger charge is 2.36. The molecule has 0 radical (unpaired) electrons. The van der Waals surface area contributed by atoms with Crippen LogP contribution >= 0.6 is 0 Å². The average molecular weight is 694 g/mol. The summed E-state index contributed by atoms with van der Waals surface area (Å²) < 4.78 is 11.1. The summed E-state index contributed by atoms with van der Waals surface area (Å²) in [5.74, 6) is -1.53. The maximum atomic E-state index is 13.7. The highest BCUT2D eigenvalue weighted by Crippen LogP contribution is 2.28. The molecule has 3 fully saturated rings. The molecule has 1 aromatic carbocycles. The van der Waals surface area contributed by atoms with Crippen LogP contribution in [0.4, 0.5) is 4.79 Å². The number of hydrogen-bond donors (Lipinski definition) is 3. The highest BCUT2D eigenvalue weighted by molar-refractivity contribution is 5.99. The first-order valence-electron chi connectivity index (χ1n) is 17.4. The summed E-state index contributed by atoms with van der Waals surface area (Å²) in [6.45, 7) is 4.99. The number of rotatable bonds is 12. The number of ether oxygens (including phenoxy) is 2. The molecule has 3 aliphatic rings. The minimum absolute atomic E-state index is 0.00698. The van der Waals surface area contributed by atoms with E-state index in [1.165, 1.54) is 18.0 Å². The third kappa shape index (κ3) is 8.79. The first-order valence-corrected chi connectivity index (χ1v) is 17.4. The molecule has 2 aromatic rings. The van der Waals surface area contributed by atoms with Crippen LogP contribution in [-0.4, -0.2) is 126 Å². The fourth-order valence-electron chi connectivity index (χ4n) is 6.39. The molecule has 6 amide bonds. The lowest BCUT2D eigenvalue weighted by Gasteiger charge is -2.36. The number of carbonyl (C=O) groups excluding carboxylic acids is 6. The Labute approximate surface area is 291 Å². The third-order valence-electron chi connectivity index (χ3n) is 9.50. The van der Waals surface area contributed by atoms with Gasteiger partial charge in [-0.2, -0.15) is 0 Å². The van der Waals surface area contributed by atoms with Crippen molar-refractivity contribution in [2.24, 2.45) is 0 Å². The van der Waals surface area contributed by atoms with Gasteiger partial charge in [0.15, 0.2) is 6.61 Å². The van der Waals surface area contributed by atoms with Crippen molar-refractivity contribution in [1.29, 1.82) is 0 Å². The Morgan fingerprint density at radius 2 is 1.70 bits per heavy atom. The van der Waals surface area contributed by atoms with Crippen molar-refractivity contribution in [2.45, 2.75) is 76.9 Å². The number of aryl methyl sites for hydroxylation is 1. The van der Waals surface area contributed by atoms with Crippen LogP contribution in [0.15, 0.2) is 24.3 Å². The number of amides is 6. The Morgan fingerprint density at radius 3 is 2.38 bits per heavy atom. The van der Waals surface area contributed by atoms with Gasteiger partial charge in [-0.1, -0.05) is 6.07 Å². The Hall–Kier alpha value is -4.95. The van der Waals surface area contributed by atoms with E-state index in [4.69, 9.17) is 9.47 Å². The van der Waals surface area contributed by atoms with Crippen molar-refractivity contribution in [1.82, 2.24) is 35.6 Å². The maximum absolute atomic E-state index is 13.7. The van der Waals surface area contributed by atoms with Gasteiger partial charge < -0.3 is 40.1 Å². The van der Waals surface area contributed by atoms with Gasteiger partial charge in [-0.3, -0.25) is 24.0 Å². The second-order valence-electron chi connectivity index (χ2n) is 12.9. The van der Waals surface area contributed by atoms with Gasteiger partial charge in [-0.15, -0.1) is 0 Å². The summed E-state index contributed by atoms with van der Waals surface area (Å²) in [6, 6.07) is 5.48. The number of carbonyl (C=O) groups is 6. The third-order valence-corrected chi connectivity index (χ3v) is 9.50. The molecule has 0 bridgehead atoms. The van der Waals surface area contributed by atoms with Crippen molar-refractivity contribution in [2.75, 3.05) is 53.0 Å². The monoisotopic (exact) mass is 693 g/mol. The van der Waals surface area contributed by atoms with E-state index in [0.717, 1.165) is 31.2 Å². The molecule has 270 valence electrons. The normalized spacial score (nSPS) is 18.2. The molecule has 1 saturated carbocycles. The van der Waals surface area contributed by atoms with Gasteiger partial charge in [0.05, 0.1) is 12.1 Å². The summed E-state index contributed by atoms with van der Waals surface area (Å²) in [6.07, 6.45) is 3.90. The number of aromatic nitrogens is 1. The SMILES string of the molecule is CCOC(=O)N1CCN(C(=O)C(CCC(=O)NC)NC(=O)c2cc(OCC(=O)N3CCCC3C(=O)NC3CCC3)c3ccc(C)cc3n2)CC1. The molecule has 1 aliphatic carbocycles. The molecule has 0 spiro atoms. The molecule has 2 aliphatic heterocycles. The number of hydrogen-bond acceptors (Lipinski definition) is 9. The van der Waals surface area contributed by atoms with Crippen LogP contribution in [0.5, 0.6) is 5.75 Å². The Bertz CT molecular complexity index is 1600. The van der Waals surface area contributed by atoms with Gasteiger partial charge in [0.1, 0.15) is 23.5 Å². The summed E-state index contributed by atoms with van der Waals surface area (Å²) in [5, 5.41) is 8.94. The molecule has 2 unspecified atom stereocenters. The van der Waals surface area contributed by atoms with Crippen molar-refractivity contribution in [3.05, 3.63) is 35.5 Å². The summed E-state index contributed by atoms with van der Waals surface area (Å²) in [4.78, 5) is 87.1. The van der Waals surface area contributed by atoms with Crippen molar-refractivity contribution >= 4 is 46.5 Å². The Balaban J connectivity index is 1.30. The fourth-order valence-corrected chi connectivity index (χ4v) is 6.39. The second kappa shape index (κ2) is 16.6. The van der Waals surface area contributed by atoms with Crippen LogP contribution in [0.1, 0.15) is 67.9 Å². The molecule has 2 saturated heterocycles. The minimum atomic E-state index is -1.05. The molecule has 2 atom stereocenters. The first-order chi connectivity index (χ1) is 24.1. The smallest absolute Gasteiger partial charge is 0.409 e. The van der Waals surface area contributed by atoms with E-state index in [1.54, 1.807) is 28.9 Å². The maximum Gasteiger partial charge on any atom is 0.409 e. The predicted octanol–water partition coefficient (Wildman–Crippen LogP) is 1.51. The number of nitrogens with zero attached hydrogens (tertiary/aromatic N) is 4. The van der Waals surface area contributed by atoms with Crippen LogP contribution in [0.25, 0.3) is 10.9 Å². The number of fused-ring (bicyclic) bond motifs is 1. The summed E-state index contributed by atoms with van der Waals surface area (Å²) in [7, 11) is 1.49. The van der Waals surface area contributed by atoms with Crippen LogP contribution < -0.4 is 20.7 Å². The van der Waals surface area contributed by atoms with Crippen LogP contribution in [-0.2, 0) is 23.9 Å². The largest absolute Gasteiger partial charge is 0.483 e. The number of benzene rings is 1. The lowest BCUT2D eigenvalue weighted by Crippen LogP contribution is -2.56. The average Bonchev–Trinajstić information content (AvgIpc) is 3.60. The molecule has 1 aromatic heterocycles. The van der Waals surface area contributed by atoms with Crippen molar-refractivity contribution in [3.63, 3.8) is 0 Å². The molecule has 3 N–H and O–H groups in total. The lowest BCUT2D eigenvalue weighted by molar-refractivity contribution is -0.140. The summed E-state index contributed by atoms with van der Waals surface area (Å²) >= 11 is 0. The van der Waals surface area contributed by atoms with E-state index < -0.39 is 24.1 Å². The van der Waals surface area contributed by atoms with E-state index in [9.17, 15) is 28.8 Å². The molecular weight excluding hydrogens is 646 g/mol. The van der Waals surface area contributed by atoms with E-state index in [1.807, 2.05) is 13.0 Å². The van der Waals surface area contributed by atoms with E-state index in [2.05, 4.69) is 20.9 Å². The van der Waals surface area contributed by atoms with Crippen molar-refractivity contribution < 1.29 is 38.2 Å². The van der Waals surface area contributed by atoms with Gasteiger partial charge >= 0.3 is 6.09 Å². The second-order valence-corrected chi connectivity index (χ2v) is 12.9. The van der Waals surface area contributed by atoms with Gasteiger partial charge in [-0.25, -0.2) is 9.78 Å².